The van der Waals surface area contributed by atoms with Crippen molar-refractivity contribution in [2.24, 2.45) is 0 Å². The topological polar surface area (TPSA) is 15.3 Å². The molecule has 0 spiro atoms. The lowest BCUT2D eigenvalue weighted by atomic mass is 10.2. The van der Waals surface area contributed by atoms with E-state index in [1.807, 2.05) is 11.8 Å². The molecule has 0 amide bonds. The molecule has 2 heterocycles. The second-order valence-electron chi connectivity index (χ2n) is 3.99. The zero-order chi connectivity index (χ0) is 11.0. The summed E-state index contributed by atoms with van der Waals surface area (Å²) in [5.74, 6) is 0. The zero-order valence-electron chi connectivity index (χ0n) is 9.23. The maximum absolute atomic E-state index is 3.50. The van der Waals surface area contributed by atoms with E-state index in [0.29, 0.717) is 0 Å². The Kier molecular flexibility index (Phi) is 2.40. The smallest absolute Gasteiger partial charge is 0.0641 e. The molecule has 0 aromatic heterocycles. The van der Waals surface area contributed by atoms with Crippen LogP contribution in [0.1, 0.15) is 6.42 Å². The highest BCUT2D eigenvalue weighted by Crippen LogP contribution is 2.38. The van der Waals surface area contributed by atoms with Gasteiger partial charge in [0.25, 0.3) is 0 Å². The zero-order valence-corrected chi connectivity index (χ0v) is 10.1. The number of anilines is 2. The Balaban J connectivity index is 2.06. The number of nitrogens with one attached hydrogen (secondary N) is 1. The van der Waals surface area contributed by atoms with Gasteiger partial charge in [-0.05, 0) is 17.5 Å². The molecule has 0 unspecified atom stereocenters. The number of para-hydroxylation sites is 2. The van der Waals surface area contributed by atoms with Crippen LogP contribution in [0, 0.1) is 0 Å². The molecule has 1 aromatic carbocycles. The molecular formula is C13H14N2S. The number of fused-ring (bicyclic) bond motifs is 1. The summed E-state index contributed by atoms with van der Waals surface area (Å²) < 4.78 is 0. The van der Waals surface area contributed by atoms with E-state index in [0.717, 1.165) is 13.0 Å². The molecule has 1 aromatic rings. The second kappa shape index (κ2) is 3.91. The molecule has 2 aliphatic rings. The summed E-state index contributed by atoms with van der Waals surface area (Å²) in [5, 5.41) is 5.69. The maximum atomic E-state index is 3.50. The average Bonchev–Trinajstić information content (AvgIpc) is 2.49. The number of hydrogen-bond donors (Lipinski definition) is 1. The summed E-state index contributed by atoms with van der Waals surface area (Å²) in [5.41, 5.74) is 3.91. The van der Waals surface area contributed by atoms with Crippen LogP contribution in [-0.4, -0.2) is 13.6 Å². The standard InChI is InChI=1S/C13H14N2S/c1-15-11-6-3-2-5-10(11)14-9-13-12(15)7-4-8-16-13/h2-6,8,14H,7,9H2,1H3. The fourth-order valence-corrected chi connectivity index (χ4v) is 3.04. The van der Waals surface area contributed by atoms with Crippen LogP contribution in [0.4, 0.5) is 11.4 Å². The molecule has 2 aliphatic heterocycles. The minimum atomic E-state index is 0.936. The predicted molar refractivity (Wildman–Crippen MR) is 71.7 cm³/mol. The molecule has 0 saturated heterocycles. The largest absolute Gasteiger partial charge is 0.379 e. The molecule has 0 atom stereocenters. The third-order valence-electron chi connectivity index (χ3n) is 3.05. The second-order valence-corrected chi connectivity index (χ2v) is 4.99. The molecule has 0 fully saturated rings. The molecule has 0 saturated carbocycles. The van der Waals surface area contributed by atoms with Crippen LogP contribution in [-0.2, 0) is 0 Å². The Morgan fingerprint density at radius 3 is 3.12 bits per heavy atom. The first-order valence-corrected chi connectivity index (χ1v) is 6.34. The minimum Gasteiger partial charge on any atom is -0.379 e. The van der Waals surface area contributed by atoms with Gasteiger partial charge in [0.1, 0.15) is 0 Å². The van der Waals surface area contributed by atoms with Crippen molar-refractivity contribution in [3.8, 4) is 0 Å². The van der Waals surface area contributed by atoms with Gasteiger partial charge in [-0.25, -0.2) is 0 Å². The van der Waals surface area contributed by atoms with E-state index in [9.17, 15) is 0 Å². The third-order valence-corrected chi connectivity index (χ3v) is 4.04. The van der Waals surface area contributed by atoms with E-state index >= 15 is 0 Å². The molecule has 0 radical (unpaired) electrons. The van der Waals surface area contributed by atoms with Crippen LogP contribution < -0.4 is 10.2 Å². The molecule has 16 heavy (non-hydrogen) atoms. The summed E-state index contributed by atoms with van der Waals surface area (Å²) in [6, 6.07) is 8.48. The van der Waals surface area contributed by atoms with Gasteiger partial charge in [-0.1, -0.05) is 30.0 Å². The number of thioether (sulfide) groups is 1. The summed E-state index contributed by atoms with van der Waals surface area (Å²) in [6.45, 7) is 0.936. The lowest BCUT2D eigenvalue weighted by Crippen LogP contribution is -2.17. The monoisotopic (exact) mass is 230 g/mol. The molecule has 0 bridgehead atoms. The first-order chi connectivity index (χ1) is 7.86. The van der Waals surface area contributed by atoms with E-state index in [1.165, 1.54) is 22.0 Å². The number of allylic oxidation sites excluding steroid dienone is 1. The van der Waals surface area contributed by atoms with Crippen molar-refractivity contribution < 1.29 is 0 Å². The number of hydrogen-bond acceptors (Lipinski definition) is 3. The highest BCUT2D eigenvalue weighted by atomic mass is 32.2. The molecule has 3 rings (SSSR count). The molecule has 3 heteroatoms. The highest BCUT2D eigenvalue weighted by molar-refractivity contribution is 8.05. The van der Waals surface area contributed by atoms with Crippen molar-refractivity contribution in [3.05, 3.63) is 46.4 Å². The van der Waals surface area contributed by atoms with Crippen molar-refractivity contribution in [2.75, 3.05) is 23.8 Å². The van der Waals surface area contributed by atoms with Gasteiger partial charge in [0.2, 0.25) is 0 Å². The quantitative estimate of drug-likeness (QED) is 0.735. The molecule has 2 nitrogen and oxygen atoms in total. The average molecular weight is 230 g/mol. The van der Waals surface area contributed by atoms with Gasteiger partial charge >= 0.3 is 0 Å². The van der Waals surface area contributed by atoms with E-state index in [1.54, 1.807) is 0 Å². The van der Waals surface area contributed by atoms with Crippen LogP contribution in [0.25, 0.3) is 0 Å². The number of nitrogens with zero attached hydrogens (tertiary/aromatic N) is 1. The van der Waals surface area contributed by atoms with Crippen molar-refractivity contribution in [2.45, 2.75) is 6.42 Å². The van der Waals surface area contributed by atoms with Crippen LogP contribution in [0.5, 0.6) is 0 Å². The summed E-state index contributed by atoms with van der Waals surface area (Å²) in [6.07, 6.45) is 3.27. The SMILES string of the molecule is CN1C2=C(CNc3ccccc31)SC=CC2. The van der Waals surface area contributed by atoms with Crippen molar-refractivity contribution >= 4 is 23.1 Å². The Morgan fingerprint density at radius 1 is 1.31 bits per heavy atom. The summed E-state index contributed by atoms with van der Waals surface area (Å²) >= 11 is 1.83. The van der Waals surface area contributed by atoms with Crippen LogP contribution in [0.15, 0.2) is 46.4 Å². The molecular weight excluding hydrogens is 216 g/mol. The Morgan fingerprint density at radius 2 is 2.19 bits per heavy atom. The van der Waals surface area contributed by atoms with Gasteiger partial charge in [-0.3, -0.25) is 0 Å². The lowest BCUT2D eigenvalue weighted by Gasteiger charge is -2.24. The first-order valence-electron chi connectivity index (χ1n) is 5.46. The Hall–Kier alpha value is -1.35. The van der Waals surface area contributed by atoms with Crippen molar-refractivity contribution in [1.82, 2.24) is 0 Å². The third kappa shape index (κ3) is 1.52. The van der Waals surface area contributed by atoms with E-state index < -0.39 is 0 Å². The normalized spacial score (nSPS) is 18.7. The van der Waals surface area contributed by atoms with Gasteiger partial charge < -0.3 is 10.2 Å². The van der Waals surface area contributed by atoms with Crippen molar-refractivity contribution in [1.29, 1.82) is 0 Å². The van der Waals surface area contributed by atoms with Gasteiger partial charge in [0.05, 0.1) is 11.4 Å². The number of rotatable bonds is 0. The van der Waals surface area contributed by atoms with E-state index in [2.05, 4.69) is 53.0 Å². The van der Waals surface area contributed by atoms with E-state index in [-0.39, 0.29) is 0 Å². The van der Waals surface area contributed by atoms with Gasteiger partial charge in [-0.2, -0.15) is 0 Å². The summed E-state index contributed by atoms with van der Waals surface area (Å²) in [4.78, 5) is 3.74. The predicted octanol–water partition coefficient (Wildman–Crippen LogP) is 3.41. The van der Waals surface area contributed by atoms with Gasteiger partial charge in [0.15, 0.2) is 0 Å². The minimum absolute atomic E-state index is 0.936. The Bertz CT molecular complexity index is 477. The fourth-order valence-electron chi connectivity index (χ4n) is 2.18. The highest BCUT2D eigenvalue weighted by Gasteiger charge is 2.20. The van der Waals surface area contributed by atoms with Crippen molar-refractivity contribution in [3.63, 3.8) is 0 Å². The Labute approximate surface area is 100 Å². The van der Waals surface area contributed by atoms with E-state index in [4.69, 9.17) is 0 Å². The molecule has 82 valence electrons. The lowest BCUT2D eigenvalue weighted by molar-refractivity contribution is 1.02. The summed E-state index contributed by atoms with van der Waals surface area (Å²) in [7, 11) is 2.15. The fraction of sp³-hybridized carbons (Fsp3) is 0.231. The van der Waals surface area contributed by atoms with Gasteiger partial charge in [0, 0.05) is 30.6 Å². The molecule has 0 aliphatic carbocycles. The van der Waals surface area contributed by atoms with Crippen LogP contribution >= 0.6 is 11.8 Å². The maximum Gasteiger partial charge on any atom is 0.0641 e. The first kappa shape index (κ1) is 9.85. The molecule has 1 N–H and O–H groups in total. The van der Waals surface area contributed by atoms with Crippen LogP contribution in [0.2, 0.25) is 0 Å². The van der Waals surface area contributed by atoms with Gasteiger partial charge in [-0.15, -0.1) is 0 Å². The number of benzene rings is 1. The van der Waals surface area contributed by atoms with Crippen LogP contribution in [0.3, 0.4) is 0 Å².